The largest absolute Gasteiger partial charge is 0.506 e. The zero-order valence-corrected chi connectivity index (χ0v) is 27.0. The van der Waals surface area contributed by atoms with Gasteiger partial charge < -0.3 is 28.5 Å². The molecule has 0 saturated heterocycles. The molecule has 0 aliphatic carbocycles. The van der Waals surface area contributed by atoms with Crippen LogP contribution in [0, 0.1) is 0 Å². The maximum atomic E-state index is 12.8. The molecule has 2 aromatic heterocycles. The van der Waals surface area contributed by atoms with E-state index in [0.29, 0.717) is 40.1 Å². The monoisotopic (exact) mass is 660 g/mol. The van der Waals surface area contributed by atoms with Gasteiger partial charge >= 0.3 is 11.3 Å². The van der Waals surface area contributed by atoms with Gasteiger partial charge in [-0.3, -0.25) is 10.9 Å². The van der Waals surface area contributed by atoms with Gasteiger partial charge in [-0.2, -0.15) is 10.2 Å². The Bertz CT molecular complexity index is 2190. The molecule has 0 aliphatic rings. The Kier molecular flexibility index (Phi) is 9.03. The molecular weight excluding hydrogens is 628 g/mol. The zero-order chi connectivity index (χ0) is 34.7. The second-order valence-electron chi connectivity index (χ2n) is 11.1. The van der Waals surface area contributed by atoms with Crippen molar-refractivity contribution in [3.63, 3.8) is 0 Å². The number of anilines is 2. The van der Waals surface area contributed by atoms with Gasteiger partial charge in [-0.1, -0.05) is 12.1 Å². The van der Waals surface area contributed by atoms with Gasteiger partial charge in [0.2, 0.25) is 0 Å². The molecular formula is C37H32N4O8. The number of nitrogens with zero attached hydrogens (tertiary/aromatic N) is 2. The predicted molar refractivity (Wildman–Crippen MR) is 189 cm³/mol. The second-order valence-corrected chi connectivity index (χ2v) is 11.1. The number of benzene rings is 4. The highest BCUT2D eigenvalue weighted by Crippen LogP contribution is 2.31. The normalized spacial score (nSPS) is 11.9. The lowest BCUT2D eigenvalue weighted by atomic mass is 9.99. The summed E-state index contributed by atoms with van der Waals surface area (Å²) in [5.74, 6) is 0.855. The van der Waals surface area contributed by atoms with Crippen LogP contribution in [-0.4, -0.2) is 35.9 Å². The Hall–Kier alpha value is -6.56. The summed E-state index contributed by atoms with van der Waals surface area (Å²) in [5, 5.41) is 31.6. The van der Waals surface area contributed by atoms with Crippen molar-refractivity contribution < 1.29 is 28.5 Å². The molecule has 4 aromatic carbocycles. The minimum atomic E-state index is -0.726. The van der Waals surface area contributed by atoms with Crippen LogP contribution >= 0.6 is 0 Å². The number of fused-ring (bicyclic) bond motifs is 2. The topological polar surface area (TPSA) is 168 Å². The summed E-state index contributed by atoms with van der Waals surface area (Å²) >= 11 is 0. The van der Waals surface area contributed by atoms with Crippen LogP contribution in [0.1, 0.15) is 36.1 Å². The van der Waals surface area contributed by atoms with Crippen LogP contribution in [0.3, 0.4) is 0 Å². The molecule has 0 saturated carbocycles. The molecule has 4 N–H and O–H groups in total. The van der Waals surface area contributed by atoms with E-state index in [2.05, 4.69) is 21.1 Å². The van der Waals surface area contributed by atoms with Crippen molar-refractivity contribution in [3.05, 3.63) is 128 Å². The van der Waals surface area contributed by atoms with Gasteiger partial charge in [0.25, 0.3) is 0 Å². The van der Waals surface area contributed by atoms with E-state index in [0.717, 1.165) is 11.1 Å². The van der Waals surface area contributed by atoms with Crippen molar-refractivity contribution in [2.45, 2.75) is 20.3 Å². The van der Waals surface area contributed by atoms with E-state index in [1.807, 2.05) is 0 Å². The summed E-state index contributed by atoms with van der Waals surface area (Å²) in [6, 6.07) is 24.4. The Morgan fingerprint density at radius 3 is 1.39 bits per heavy atom. The fraction of sp³-hybridized carbons (Fsp3) is 0.135. The van der Waals surface area contributed by atoms with Crippen LogP contribution in [0.4, 0.5) is 11.4 Å². The van der Waals surface area contributed by atoms with E-state index in [9.17, 15) is 19.8 Å². The smallest absolute Gasteiger partial charge is 0.349 e. The van der Waals surface area contributed by atoms with Gasteiger partial charge in [0, 0.05) is 0 Å². The van der Waals surface area contributed by atoms with Crippen molar-refractivity contribution >= 4 is 44.7 Å². The van der Waals surface area contributed by atoms with Crippen molar-refractivity contribution in [2.75, 3.05) is 25.1 Å². The van der Waals surface area contributed by atoms with Crippen LogP contribution < -0.4 is 31.6 Å². The number of methoxy groups -OCH3 is 2. The van der Waals surface area contributed by atoms with Gasteiger partial charge in [0.05, 0.1) is 47.8 Å². The number of rotatable bonds is 10. The summed E-state index contributed by atoms with van der Waals surface area (Å²) in [6.45, 7) is 3.18. The van der Waals surface area contributed by atoms with Crippen molar-refractivity contribution in [2.24, 2.45) is 10.2 Å². The number of ether oxygens (including phenoxy) is 2. The Morgan fingerprint density at radius 1 is 0.633 bits per heavy atom. The average Bonchev–Trinajstić information content (AvgIpc) is 3.11. The molecule has 0 fully saturated rings. The van der Waals surface area contributed by atoms with Gasteiger partial charge in [-0.15, -0.1) is 0 Å². The van der Waals surface area contributed by atoms with E-state index >= 15 is 0 Å². The first-order valence-corrected chi connectivity index (χ1v) is 15.1. The van der Waals surface area contributed by atoms with E-state index in [4.69, 9.17) is 18.3 Å². The van der Waals surface area contributed by atoms with Crippen LogP contribution in [0.15, 0.2) is 114 Å². The number of hydrogen-bond acceptors (Lipinski definition) is 12. The fourth-order valence-corrected chi connectivity index (χ4v) is 5.30. The van der Waals surface area contributed by atoms with E-state index in [1.165, 1.54) is 0 Å². The quantitative estimate of drug-likeness (QED) is 0.0715. The lowest BCUT2D eigenvalue weighted by Gasteiger charge is -2.10. The maximum absolute atomic E-state index is 12.8. The number of aromatic hydroxyl groups is 2. The highest BCUT2D eigenvalue weighted by Gasteiger charge is 2.19. The van der Waals surface area contributed by atoms with Crippen molar-refractivity contribution in [3.8, 4) is 23.0 Å². The highest BCUT2D eigenvalue weighted by molar-refractivity contribution is 6.05. The third-order valence-corrected chi connectivity index (χ3v) is 7.90. The molecule has 248 valence electrons. The first kappa shape index (κ1) is 32.4. The van der Waals surface area contributed by atoms with Crippen molar-refractivity contribution in [1.29, 1.82) is 0 Å². The molecule has 0 aliphatic heterocycles. The second kappa shape index (κ2) is 13.7. The highest BCUT2D eigenvalue weighted by atomic mass is 16.5. The molecule has 6 rings (SSSR count). The van der Waals surface area contributed by atoms with E-state index in [-0.39, 0.29) is 45.2 Å². The maximum Gasteiger partial charge on any atom is 0.349 e. The van der Waals surface area contributed by atoms with Gasteiger partial charge in [0.1, 0.15) is 45.3 Å². The number of hydrazone groups is 2. The van der Waals surface area contributed by atoms with Crippen LogP contribution in [0.25, 0.3) is 21.9 Å². The average molecular weight is 661 g/mol. The molecule has 0 spiro atoms. The molecule has 2 heterocycles. The summed E-state index contributed by atoms with van der Waals surface area (Å²) in [7, 11) is 3.14. The Balaban J connectivity index is 1.28. The van der Waals surface area contributed by atoms with Gasteiger partial charge in [-0.05, 0) is 104 Å². The minimum Gasteiger partial charge on any atom is -0.506 e. The lowest BCUT2D eigenvalue weighted by Crippen LogP contribution is -2.14. The lowest BCUT2D eigenvalue weighted by molar-refractivity contribution is 0.415. The summed E-state index contributed by atoms with van der Waals surface area (Å²) in [6.07, 6.45) is 0.381. The summed E-state index contributed by atoms with van der Waals surface area (Å²) < 4.78 is 21.4. The van der Waals surface area contributed by atoms with Crippen LogP contribution in [-0.2, 0) is 6.42 Å². The zero-order valence-electron chi connectivity index (χ0n) is 27.0. The molecule has 0 radical (unpaired) electrons. The van der Waals surface area contributed by atoms with E-state index < -0.39 is 11.3 Å². The number of hydrogen-bond donors (Lipinski definition) is 4. The molecule has 12 nitrogen and oxygen atoms in total. The SMILES string of the molecule is COc1ccc(N/N=C(\C)c2c(O)c3cc(Cc4ccc5oc(=O)c(/C(C)=N/Nc6ccc(OC)cc6)c(O)c5c4)ccc3oc2=O)cc1. The Labute approximate surface area is 279 Å². The standard InChI is InChI=1S/C37H32N4O8/c1-20(38-40-24-7-11-26(46-3)12-8-24)32-34(42)28-18-22(5-15-30(28)48-36(32)44)17-23-6-16-31-29(19-23)35(43)33(37(45)49-31)21(2)39-41-25-9-13-27(47-4)14-10-25/h5-16,18-19,40-43H,17H2,1-4H3/b38-20+,39-21+. The van der Waals surface area contributed by atoms with Crippen molar-refractivity contribution in [1.82, 2.24) is 0 Å². The van der Waals surface area contributed by atoms with Gasteiger partial charge in [0.15, 0.2) is 0 Å². The summed E-state index contributed by atoms with van der Waals surface area (Å²) in [5.41, 5.74) is 7.93. The number of nitrogens with one attached hydrogen (secondary N) is 2. The molecule has 0 amide bonds. The molecule has 12 heteroatoms. The first-order valence-electron chi connectivity index (χ1n) is 15.1. The molecule has 0 unspecified atom stereocenters. The third kappa shape index (κ3) is 6.79. The predicted octanol–water partition coefficient (Wildman–Crippen LogP) is 6.59. The molecule has 49 heavy (non-hydrogen) atoms. The first-order chi connectivity index (χ1) is 23.6. The fourth-order valence-electron chi connectivity index (χ4n) is 5.30. The third-order valence-electron chi connectivity index (χ3n) is 7.90. The molecule has 6 aromatic rings. The van der Waals surface area contributed by atoms with E-state index in [1.54, 1.807) is 113 Å². The minimum absolute atomic E-state index is 0.0673. The van der Waals surface area contributed by atoms with Crippen LogP contribution in [0.2, 0.25) is 0 Å². The molecule has 0 bridgehead atoms. The Morgan fingerprint density at radius 2 is 1.02 bits per heavy atom. The summed E-state index contributed by atoms with van der Waals surface area (Å²) in [4.78, 5) is 25.7. The van der Waals surface area contributed by atoms with Gasteiger partial charge in [-0.25, -0.2) is 9.59 Å². The molecule has 0 atom stereocenters. The van der Waals surface area contributed by atoms with Crippen LogP contribution in [0.5, 0.6) is 23.0 Å².